The summed E-state index contributed by atoms with van der Waals surface area (Å²) in [5, 5.41) is 0. The lowest BCUT2D eigenvalue weighted by molar-refractivity contribution is 0.309. The number of hydrogen-bond acceptors (Lipinski definition) is 3. The Hall–Kier alpha value is 0.310. The molecule has 0 saturated heterocycles. The first-order chi connectivity index (χ1) is 4.34. The zero-order valence-corrected chi connectivity index (χ0v) is 7.55. The largest absolute Gasteiger partial charge is 0.406 e. The Morgan fingerprint density at radius 2 is 1.50 bits per heavy atom. The maximum atomic E-state index is 8.76. The highest BCUT2D eigenvalue weighted by Gasteiger charge is 2.38. The molecule has 0 rings (SSSR count). The molecule has 0 bridgehead atoms. The van der Waals surface area contributed by atoms with E-state index in [0.717, 1.165) is 0 Å². The second kappa shape index (κ2) is 3.63. The molecule has 0 aliphatic rings. The number of hydrogen-bond donors (Lipinski definition) is 3. The molecular formula is C6H16O3P+. The third-order valence-electron chi connectivity index (χ3n) is 1.40. The van der Waals surface area contributed by atoms with Crippen LogP contribution in [0.3, 0.4) is 0 Å². The van der Waals surface area contributed by atoms with Crippen molar-refractivity contribution in [2.45, 2.75) is 32.9 Å². The molecule has 0 heterocycles. The third-order valence-corrected chi connectivity index (χ3v) is 2.80. The Morgan fingerprint density at radius 3 is 1.60 bits per heavy atom. The Morgan fingerprint density at radius 1 is 1.10 bits per heavy atom. The van der Waals surface area contributed by atoms with Crippen LogP contribution in [0.25, 0.3) is 0 Å². The van der Waals surface area contributed by atoms with Crippen molar-refractivity contribution < 1.29 is 14.7 Å². The summed E-state index contributed by atoms with van der Waals surface area (Å²) < 4.78 is 0. The van der Waals surface area contributed by atoms with Gasteiger partial charge in [0.2, 0.25) is 0 Å². The van der Waals surface area contributed by atoms with Gasteiger partial charge in [-0.2, -0.15) is 14.7 Å². The number of rotatable bonds is 3. The minimum absolute atomic E-state index is 0.382. The van der Waals surface area contributed by atoms with E-state index in [-0.39, 0.29) is 5.66 Å². The highest BCUT2D eigenvalue weighted by atomic mass is 31.2. The standard InChI is InChI=1S/C6H16O3P/c1-5(2)4-6(3)10(7,8)9/h5-9H,4H2,1-3H3/q+1. The molecule has 0 fully saturated rings. The van der Waals surface area contributed by atoms with Crippen molar-refractivity contribution in [3.63, 3.8) is 0 Å². The van der Waals surface area contributed by atoms with Gasteiger partial charge in [0.1, 0.15) is 5.66 Å². The van der Waals surface area contributed by atoms with Crippen molar-refractivity contribution in [1.82, 2.24) is 0 Å². The summed E-state index contributed by atoms with van der Waals surface area (Å²) in [7, 11) is -3.56. The minimum Gasteiger partial charge on any atom is -0.193 e. The van der Waals surface area contributed by atoms with E-state index in [1.165, 1.54) is 0 Å². The topological polar surface area (TPSA) is 60.7 Å². The van der Waals surface area contributed by atoms with Gasteiger partial charge in [-0.15, -0.1) is 0 Å². The third kappa shape index (κ3) is 4.18. The van der Waals surface area contributed by atoms with Gasteiger partial charge in [0.05, 0.1) is 0 Å². The van der Waals surface area contributed by atoms with E-state index >= 15 is 0 Å². The fourth-order valence-corrected chi connectivity index (χ4v) is 1.53. The summed E-state index contributed by atoms with van der Waals surface area (Å²) in [5.41, 5.74) is -0.382. The van der Waals surface area contributed by atoms with Crippen LogP contribution in [0.1, 0.15) is 27.2 Å². The van der Waals surface area contributed by atoms with Gasteiger partial charge in [-0.25, -0.2) is 0 Å². The molecule has 0 aromatic carbocycles. The molecule has 0 aromatic heterocycles. The monoisotopic (exact) mass is 167 g/mol. The lowest BCUT2D eigenvalue weighted by Gasteiger charge is -2.13. The van der Waals surface area contributed by atoms with Crippen molar-refractivity contribution in [1.29, 1.82) is 0 Å². The van der Waals surface area contributed by atoms with Gasteiger partial charge >= 0.3 is 7.94 Å². The normalized spacial score (nSPS) is 15.9. The maximum Gasteiger partial charge on any atom is 0.406 e. The van der Waals surface area contributed by atoms with E-state index in [1.54, 1.807) is 6.92 Å². The summed E-state index contributed by atoms with van der Waals surface area (Å²) in [6, 6.07) is 0. The van der Waals surface area contributed by atoms with Crippen molar-refractivity contribution in [3.05, 3.63) is 0 Å². The van der Waals surface area contributed by atoms with Crippen LogP contribution in [0, 0.1) is 5.92 Å². The van der Waals surface area contributed by atoms with Gasteiger partial charge in [-0.05, 0) is 19.3 Å². The van der Waals surface area contributed by atoms with Gasteiger partial charge < -0.3 is 0 Å². The van der Waals surface area contributed by atoms with Crippen LogP contribution in [0.2, 0.25) is 0 Å². The molecule has 62 valence electrons. The molecule has 0 aliphatic heterocycles. The van der Waals surface area contributed by atoms with Crippen LogP contribution in [0.4, 0.5) is 0 Å². The molecule has 0 radical (unpaired) electrons. The van der Waals surface area contributed by atoms with Crippen LogP contribution < -0.4 is 0 Å². The molecule has 1 unspecified atom stereocenters. The molecule has 0 amide bonds. The van der Waals surface area contributed by atoms with Crippen molar-refractivity contribution in [3.8, 4) is 0 Å². The smallest absolute Gasteiger partial charge is 0.193 e. The quantitative estimate of drug-likeness (QED) is 0.553. The molecule has 10 heavy (non-hydrogen) atoms. The summed E-state index contributed by atoms with van der Waals surface area (Å²) >= 11 is 0. The van der Waals surface area contributed by atoms with E-state index in [2.05, 4.69) is 0 Å². The van der Waals surface area contributed by atoms with E-state index in [1.807, 2.05) is 13.8 Å². The molecule has 0 spiro atoms. The van der Waals surface area contributed by atoms with E-state index < -0.39 is 7.94 Å². The van der Waals surface area contributed by atoms with E-state index in [4.69, 9.17) is 14.7 Å². The van der Waals surface area contributed by atoms with Crippen LogP contribution in [-0.2, 0) is 0 Å². The Kier molecular flexibility index (Phi) is 3.74. The maximum absolute atomic E-state index is 8.76. The van der Waals surface area contributed by atoms with Gasteiger partial charge in [0.25, 0.3) is 0 Å². The Labute approximate surface area is 62.3 Å². The Bertz CT molecular complexity index is 97.7. The van der Waals surface area contributed by atoms with E-state index in [9.17, 15) is 0 Å². The first kappa shape index (κ1) is 10.3. The zero-order valence-electron chi connectivity index (χ0n) is 6.65. The molecule has 0 saturated carbocycles. The van der Waals surface area contributed by atoms with Crippen LogP contribution in [-0.4, -0.2) is 20.3 Å². The fraction of sp³-hybridized carbons (Fsp3) is 1.00. The summed E-state index contributed by atoms with van der Waals surface area (Å²) in [6.07, 6.45) is 0.650. The summed E-state index contributed by atoms with van der Waals surface area (Å²) in [5.74, 6) is 0.390. The zero-order chi connectivity index (χ0) is 8.36. The second-order valence-corrected chi connectivity index (χ2v) is 5.20. The van der Waals surface area contributed by atoms with Crippen molar-refractivity contribution >= 4 is 7.94 Å². The highest BCUT2D eigenvalue weighted by molar-refractivity contribution is 7.59. The van der Waals surface area contributed by atoms with Crippen LogP contribution in [0.5, 0.6) is 0 Å². The summed E-state index contributed by atoms with van der Waals surface area (Å²) in [6.45, 7) is 5.60. The van der Waals surface area contributed by atoms with Crippen LogP contribution in [0.15, 0.2) is 0 Å². The molecule has 0 aromatic rings. The first-order valence-corrected chi connectivity index (χ1v) is 5.12. The molecule has 1 atom stereocenters. The van der Waals surface area contributed by atoms with Gasteiger partial charge in [0.15, 0.2) is 0 Å². The fourth-order valence-electron chi connectivity index (χ4n) is 0.824. The Balaban J connectivity index is 3.73. The molecule has 3 nitrogen and oxygen atoms in total. The molecule has 4 heteroatoms. The van der Waals surface area contributed by atoms with Gasteiger partial charge in [-0.3, -0.25) is 0 Å². The predicted octanol–water partition coefficient (Wildman–Crippen LogP) is 1.16. The molecular weight excluding hydrogens is 151 g/mol. The molecule has 3 N–H and O–H groups in total. The van der Waals surface area contributed by atoms with Crippen molar-refractivity contribution in [2.24, 2.45) is 5.92 Å². The van der Waals surface area contributed by atoms with E-state index in [0.29, 0.717) is 12.3 Å². The average Bonchev–Trinajstić information content (AvgIpc) is 1.60. The summed E-state index contributed by atoms with van der Waals surface area (Å²) in [4.78, 5) is 26.3. The highest BCUT2D eigenvalue weighted by Crippen LogP contribution is 2.51. The first-order valence-electron chi connectivity index (χ1n) is 3.41. The SMILES string of the molecule is CC(C)CC(C)[P+](O)(O)O. The van der Waals surface area contributed by atoms with Gasteiger partial charge in [0, 0.05) is 0 Å². The van der Waals surface area contributed by atoms with Crippen LogP contribution >= 0.6 is 7.94 Å². The predicted molar refractivity (Wildman–Crippen MR) is 42.5 cm³/mol. The minimum atomic E-state index is -3.56. The lowest BCUT2D eigenvalue weighted by atomic mass is 10.1. The second-order valence-electron chi connectivity index (χ2n) is 3.09. The molecule has 0 aliphatic carbocycles. The van der Waals surface area contributed by atoms with Crippen molar-refractivity contribution in [2.75, 3.05) is 0 Å². The lowest BCUT2D eigenvalue weighted by Crippen LogP contribution is -2.11. The van der Waals surface area contributed by atoms with Gasteiger partial charge in [-0.1, -0.05) is 13.8 Å². The average molecular weight is 167 g/mol.